The zero-order chi connectivity index (χ0) is 57.1. The lowest BCUT2D eigenvalue weighted by atomic mass is 10.0. The number of unbranched alkanes of at least 4 members (excludes halogenated alkanes) is 37. The van der Waals surface area contributed by atoms with Gasteiger partial charge in [0.15, 0.2) is 6.10 Å². The highest BCUT2D eigenvalue weighted by Gasteiger charge is 2.19. The van der Waals surface area contributed by atoms with E-state index in [1.165, 1.54) is 199 Å². The Morgan fingerprint density at radius 2 is 0.494 bits per heavy atom. The zero-order valence-corrected chi connectivity index (χ0v) is 52.4. The van der Waals surface area contributed by atoms with Gasteiger partial charge in [-0.25, -0.2) is 0 Å². The first-order valence-corrected chi connectivity index (χ1v) is 34.1. The van der Waals surface area contributed by atoms with E-state index >= 15 is 0 Å². The Kier molecular flexibility index (Phi) is 64.2. The molecule has 0 spiro atoms. The Morgan fingerprint density at radius 3 is 0.810 bits per heavy atom. The number of ether oxygens (including phenoxy) is 3. The maximum atomic E-state index is 12.9. The topological polar surface area (TPSA) is 78.9 Å². The Balaban J connectivity index is 4.25. The molecular weight excluding hydrogens is 973 g/mol. The minimum atomic E-state index is -0.780. The summed E-state index contributed by atoms with van der Waals surface area (Å²) in [6.07, 6.45) is 88.9. The minimum Gasteiger partial charge on any atom is -0.462 e. The molecule has 6 nitrogen and oxygen atoms in total. The van der Waals surface area contributed by atoms with Crippen LogP contribution in [0, 0.1) is 0 Å². The van der Waals surface area contributed by atoms with Crippen LogP contribution in [0.4, 0.5) is 0 Å². The molecule has 1 atom stereocenters. The fraction of sp³-hybridized carbons (Fsp3) is 0.767. The third-order valence-corrected chi connectivity index (χ3v) is 14.9. The summed E-state index contributed by atoms with van der Waals surface area (Å²) in [7, 11) is 0. The molecule has 0 radical (unpaired) electrons. The lowest BCUT2D eigenvalue weighted by Gasteiger charge is -2.18. The molecule has 0 saturated heterocycles. The van der Waals surface area contributed by atoms with E-state index < -0.39 is 6.10 Å². The Hall–Kier alpha value is -3.41. The molecule has 0 aromatic rings. The first kappa shape index (κ1) is 75.6. The third-order valence-electron chi connectivity index (χ3n) is 14.9. The fourth-order valence-corrected chi connectivity index (χ4v) is 9.80. The predicted molar refractivity (Wildman–Crippen MR) is 344 cm³/mol. The van der Waals surface area contributed by atoms with Gasteiger partial charge in [0.2, 0.25) is 0 Å². The van der Waals surface area contributed by atoms with Crippen molar-refractivity contribution in [2.45, 2.75) is 348 Å². The summed E-state index contributed by atoms with van der Waals surface area (Å²) < 4.78 is 16.9. The largest absolute Gasteiger partial charge is 0.462 e. The second-order valence-electron chi connectivity index (χ2n) is 22.7. The van der Waals surface area contributed by atoms with E-state index in [1.807, 2.05) is 0 Å². The van der Waals surface area contributed by atoms with Crippen molar-refractivity contribution in [2.75, 3.05) is 13.2 Å². The molecule has 0 aromatic carbocycles. The standard InChI is InChI=1S/C73H128O6/c1-4-7-10-13-16-19-22-25-27-29-31-33-34-35-36-37-38-39-40-41-43-44-46-48-51-54-57-60-63-66-72(75)78-69-70(68-77-71(74)65-62-59-56-53-50-24-21-18-15-12-9-6-3)79-73(76)67-64-61-58-55-52-49-47-45-42-32-30-28-26-23-20-17-14-11-8-5-2/h7,10,16,18-19,21,25,27,31,33,35-36,38-39,70H,4-6,8-9,11-15,17,20,22-24,26,28-30,32,34,37,40-69H2,1-3H3/b10-7-,19-16-,21-18-,27-25-,33-31-,36-35-,39-38-. The number of carbonyl (C=O) groups excluding carboxylic acids is 3. The third kappa shape index (κ3) is 65.3. The normalized spacial score (nSPS) is 12.6. The molecule has 0 N–H and O–H groups in total. The molecule has 0 fully saturated rings. The Bertz CT molecular complexity index is 1500. The molecule has 0 saturated carbocycles. The predicted octanol–water partition coefficient (Wildman–Crippen LogP) is 23.4. The fourth-order valence-electron chi connectivity index (χ4n) is 9.80. The Morgan fingerprint density at radius 1 is 0.266 bits per heavy atom. The second kappa shape index (κ2) is 67.1. The molecule has 0 rings (SSSR count). The van der Waals surface area contributed by atoms with Crippen LogP contribution >= 0.6 is 0 Å². The molecule has 0 aliphatic carbocycles. The molecule has 0 amide bonds. The van der Waals surface area contributed by atoms with Crippen LogP contribution in [0.5, 0.6) is 0 Å². The van der Waals surface area contributed by atoms with Crippen LogP contribution in [0.25, 0.3) is 0 Å². The van der Waals surface area contributed by atoms with Gasteiger partial charge in [0.1, 0.15) is 13.2 Å². The summed E-state index contributed by atoms with van der Waals surface area (Å²) in [4.78, 5) is 38.3. The number of hydrogen-bond acceptors (Lipinski definition) is 6. The minimum absolute atomic E-state index is 0.0778. The van der Waals surface area contributed by atoms with Gasteiger partial charge in [-0.1, -0.05) is 311 Å². The number of rotatable bonds is 62. The van der Waals surface area contributed by atoms with Crippen molar-refractivity contribution in [2.24, 2.45) is 0 Å². The van der Waals surface area contributed by atoms with Gasteiger partial charge in [0.05, 0.1) is 0 Å². The van der Waals surface area contributed by atoms with Crippen LogP contribution in [0.2, 0.25) is 0 Å². The Labute approximate surface area is 490 Å². The van der Waals surface area contributed by atoms with Crippen LogP contribution in [0.1, 0.15) is 342 Å². The maximum absolute atomic E-state index is 12.9. The van der Waals surface area contributed by atoms with Crippen molar-refractivity contribution >= 4 is 17.9 Å². The smallest absolute Gasteiger partial charge is 0.306 e. The summed E-state index contributed by atoms with van der Waals surface area (Å²) >= 11 is 0. The van der Waals surface area contributed by atoms with Crippen molar-refractivity contribution in [3.63, 3.8) is 0 Å². The van der Waals surface area contributed by atoms with Gasteiger partial charge in [0.25, 0.3) is 0 Å². The monoisotopic (exact) mass is 1100 g/mol. The summed E-state index contributed by atoms with van der Waals surface area (Å²) in [5.41, 5.74) is 0. The van der Waals surface area contributed by atoms with Gasteiger partial charge >= 0.3 is 17.9 Å². The van der Waals surface area contributed by atoms with Crippen molar-refractivity contribution in [3.8, 4) is 0 Å². The number of esters is 3. The van der Waals surface area contributed by atoms with Crippen molar-refractivity contribution < 1.29 is 28.6 Å². The van der Waals surface area contributed by atoms with E-state index in [-0.39, 0.29) is 31.1 Å². The lowest BCUT2D eigenvalue weighted by Crippen LogP contribution is -2.30. The maximum Gasteiger partial charge on any atom is 0.306 e. The molecular formula is C73H128O6. The number of allylic oxidation sites excluding steroid dienone is 14. The summed E-state index contributed by atoms with van der Waals surface area (Å²) in [6.45, 7) is 6.54. The molecule has 0 aliphatic heterocycles. The van der Waals surface area contributed by atoms with E-state index in [0.29, 0.717) is 19.3 Å². The molecule has 0 bridgehead atoms. The van der Waals surface area contributed by atoms with Crippen LogP contribution < -0.4 is 0 Å². The van der Waals surface area contributed by atoms with E-state index in [1.54, 1.807) is 0 Å². The summed E-state index contributed by atoms with van der Waals surface area (Å²) in [5.74, 6) is -0.873. The molecule has 0 aliphatic rings. The van der Waals surface area contributed by atoms with E-state index in [4.69, 9.17) is 14.2 Å². The van der Waals surface area contributed by atoms with Crippen molar-refractivity contribution in [1.29, 1.82) is 0 Å². The highest BCUT2D eigenvalue weighted by Crippen LogP contribution is 2.17. The number of carbonyl (C=O) groups is 3. The van der Waals surface area contributed by atoms with E-state index in [9.17, 15) is 14.4 Å². The molecule has 1 unspecified atom stereocenters. The van der Waals surface area contributed by atoms with Crippen LogP contribution in [0.3, 0.4) is 0 Å². The average Bonchev–Trinajstić information content (AvgIpc) is 3.45. The first-order chi connectivity index (χ1) is 39.0. The van der Waals surface area contributed by atoms with Gasteiger partial charge in [-0.15, -0.1) is 0 Å². The highest BCUT2D eigenvalue weighted by atomic mass is 16.6. The molecule has 0 aromatic heterocycles. The van der Waals surface area contributed by atoms with Crippen LogP contribution in [-0.2, 0) is 28.6 Å². The van der Waals surface area contributed by atoms with Crippen LogP contribution in [-0.4, -0.2) is 37.2 Å². The van der Waals surface area contributed by atoms with E-state index in [0.717, 1.165) is 103 Å². The van der Waals surface area contributed by atoms with Gasteiger partial charge in [-0.05, 0) is 96.3 Å². The molecule has 0 heterocycles. The van der Waals surface area contributed by atoms with Gasteiger partial charge in [-0.3, -0.25) is 14.4 Å². The van der Waals surface area contributed by atoms with Gasteiger partial charge in [0, 0.05) is 19.3 Å². The highest BCUT2D eigenvalue weighted by molar-refractivity contribution is 5.71. The lowest BCUT2D eigenvalue weighted by molar-refractivity contribution is -0.167. The molecule has 456 valence electrons. The van der Waals surface area contributed by atoms with Gasteiger partial charge in [-0.2, -0.15) is 0 Å². The van der Waals surface area contributed by atoms with Gasteiger partial charge < -0.3 is 14.2 Å². The number of hydrogen-bond donors (Lipinski definition) is 0. The SMILES string of the molecule is CC/C=C\C/C=C\C/C=C\C/C=C\C/C=C\C/C=C\CCCCCCCCCCCCC(=O)OCC(COC(=O)CCCCCCC/C=C\CCCCC)OC(=O)CCCCCCCCCCCCCCCCCCCCCC. The molecule has 6 heteroatoms. The quantitative estimate of drug-likeness (QED) is 0.0261. The molecule has 79 heavy (non-hydrogen) atoms. The summed E-state index contributed by atoms with van der Waals surface area (Å²) in [5, 5.41) is 0. The average molecular weight is 1100 g/mol. The van der Waals surface area contributed by atoms with E-state index in [2.05, 4.69) is 106 Å². The van der Waals surface area contributed by atoms with Crippen molar-refractivity contribution in [1.82, 2.24) is 0 Å². The summed E-state index contributed by atoms with van der Waals surface area (Å²) in [6, 6.07) is 0. The zero-order valence-electron chi connectivity index (χ0n) is 52.4. The first-order valence-electron chi connectivity index (χ1n) is 34.1. The van der Waals surface area contributed by atoms with Crippen molar-refractivity contribution in [3.05, 3.63) is 85.1 Å². The van der Waals surface area contributed by atoms with Crippen LogP contribution in [0.15, 0.2) is 85.1 Å². The second-order valence-corrected chi connectivity index (χ2v) is 22.7.